The quantitative estimate of drug-likeness (QED) is 0.378. The summed E-state index contributed by atoms with van der Waals surface area (Å²) in [7, 11) is 0. The van der Waals surface area contributed by atoms with E-state index < -0.39 is 0 Å². The highest BCUT2D eigenvalue weighted by Gasteiger charge is 2.36. The molecule has 0 amide bonds. The first kappa shape index (κ1) is 21.4. The molecule has 0 heterocycles. The van der Waals surface area contributed by atoms with Gasteiger partial charge < -0.3 is 4.74 Å². The summed E-state index contributed by atoms with van der Waals surface area (Å²) in [6, 6.07) is 0.383. The van der Waals surface area contributed by atoms with Crippen LogP contribution in [0.5, 0.6) is 0 Å². The van der Waals surface area contributed by atoms with Gasteiger partial charge in [0.05, 0.1) is 5.92 Å². The maximum Gasteiger partial charge on any atom is 0.309 e. The van der Waals surface area contributed by atoms with Crippen LogP contribution in [0.1, 0.15) is 109 Å². The summed E-state index contributed by atoms with van der Waals surface area (Å²) in [6.07, 6.45) is 22.1. The second-order valence-corrected chi connectivity index (χ2v) is 10.7. The molecule has 4 rings (SSSR count). The SMILES string of the molecule is C=NC1CCC(OC(=O)C2CCC(C3CCC(C4CCCCC4)CC3)CC2)CC1. The van der Waals surface area contributed by atoms with Crippen LogP contribution in [0.3, 0.4) is 0 Å². The molecule has 29 heavy (non-hydrogen) atoms. The number of hydrogen-bond acceptors (Lipinski definition) is 3. The molecule has 0 atom stereocenters. The van der Waals surface area contributed by atoms with E-state index in [0.29, 0.717) is 6.04 Å². The van der Waals surface area contributed by atoms with Crippen LogP contribution < -0.4 is 0 Å². The Morgan fingerprint density at radius 3 is 1.62 bits per heavy atom. The van der Waals surface area contributed by atoms with Crippen molar-refractivity contribution in [3.63, 3.8) is 0 Å². The molecule has 0 N–H and O–H groups in total. The maximum absolute atomic E-state index is 12.7. The fourth-order valence-electron chi connectivity index (χ4n) is 7.13. The van der Waals surface area contributed by atoms with Crippen molar-refractivity contribution in [3.8, 4) is 0 Å². The minimum absolute atomic E-state index is 0.0967. The van der Waals surface area contributed by atoms with Gasteiger partial charge in [-0.05, 0) is 107 Å². The van der Waals surface area contributed by atoms with Crippen molar-refractivity contribution in [1.29, 1.82) is 0 Å². The number of nitrogens with zero attached hydrogens (tertiary/aromatic N) is 1. The Hall–Kier alpha value is -0.860. The van der Waals surface area contributed by atoms with Gasteiger partial charge in [0.2, 0.25) is 0 Å². The smallest absolute Gasteiger partial charge is 0.309 e. The molecule has 4 fully saturated rings. The first-order valence-electron chi connectivity index (χ1n) is 12.9. The molecule has 0 spiro atoms. The second kappa shape index (κ2) is 10.4. The number of hydrogen-bond donors (Lipinski definition) is 0. The molecule has 0 aromatic rings. The second-order valence-electron chi connectivity index (χ2n) is 10.7. The van der Waals surface area contributed by atoms with Crippen molar-refractivity contribution in [2.75, 3.05) is 0 Å². The molecule has 3 nitrogen and oxygen atoms in total. The van der Waals surface area contributed by atoms with Crippen molar-refractivity contribution in [2.24, 2.45) is 34.6 Å². The molecule has 0 unspecified atom stereocenters. The average molecular weight is 402 g/mol. The molecule has 0 aromatic heterocycles. The lowest BCUT2D eigenvalue weighted by Gasteiger charge is -2.40. The zero-order chi connectivity index (χ0) is 20.1. The van der Waals surface area contributed by atoms with Gasteiger partial charge in [-0.1, -0.05) is 32.1 Å². The van der Waals surface area contributed by atoms with Gasteiger partial charge in [0.25, 0.3) is 0 Å². The Kier molecular flexibility index (Phi) is 7.70. The molecule has 4 aliphatic rings. The number of carbonyl (C=O) groups is 1. The normalized spacial score (nSPS) is 39.6. The summed E-state index contributed by atoms with van der Waals surface area (Å²) >= 11 is 0. The lowest BCUT2D eigenvalue weighted by Crippen LogP contribution is -2.33. The number of esters is 1. The first-order valence-corrected chi connectivity index (χ1v) is 12.9. The summed E-state index contributed by atoms with van der Waals surface area (Å²) in [5, 5.41) is 0. The van der Waals surface area contributed by atoms with E-state index in [1.807, 2.05) is 0 Å². The van der Waals surface area contributed by atoms with Gasteiger partial charge in [-0.15, -0.1) is 0 Å². The van der Waals surface area contributed by atoms with Crippen LogP contribution in [0.2, 0.25) is 0 Å². The Morgan fingerprint density at radius 2 is 1.10 bits per heavy atom. The van der Waals surface area contributed by atoms with E-state index in [0.717, 1.165) is 62.2 Å². The van der Waals surface area contributed by atoms with Gasteiger partial charge in [0, 0.05) is 6.04 Å². The van der Waals surface area contributed by atoms with Gasteiger partial charge in [0.1, 0.15) is 6.10 Å². The van der Waals surface area contributed by atoms with Crippen LogP contribution in [-0.4, -0.2) is 24.8 Å². The third-order valence-corrected chi connectivity index (χ3v) is 9.09. The summed E-state index contributed by atoms with van der Waals surface area (Å²) in [5.41, 5.74) is 0. The van der Waals surface area contributed by atoms with E-state index in [1.165, 1.54) is 70.6 Å². The molecule has 0 saturated heterocycles. The standard InChI is InChI=1S/C26H43NO2/c1-27-24-15-17-25(18-16-24)29-26(28)23-13-11-22(12-14-23)21-9-7-20(8-10-21)19-5-3-2-4-6-19/h19-25H,1-18H2. The topological polar surface area (TPSA) is 38.7 Å². The molecule has 164 valence electrons. The van der Waals surface area contributed by atoms with Crippen molar-refractivity contribution in [3.05, 3.63) is 0 Å². The monoisotopic (exact) mass is 401 g/mol. The largest absolute Gasteiger partial charge is 0.462 e. The third-order valence-electron chi connectivity index (χ3n) is 9.09. The van der Waals surface area contributed by atoms with Crippen LogP contribution in [-0.2, 0) is 9.53 Å². The van der Waals surface area contributed by atoms with E-state index in [4.69, 9.17) is 4.74 Å². The highest BCUT2D eigenvalue weighted by Crippen LogP contribution is 2.45. The minimum atomic E-state index is 0.0967. The molecule has 0 bridgehead atoms. The van der Waals surface area contributed by atoms with Crippen molar-refractivity contribution >= 4 is 12.7 Å². The van der Waals surface area contributed by atoms with Gasteiger partial charge >= 0.3 is 5.97 Å². The van der Waals surface area contributed by atoms with Crippen LogP contribution in [0.25, 0.3) is 0 Å². The lowest BCUT2D eigenvalue weighted by molar-refractivity contribution is -0.157. The zero-order valence-electron chi connectivity index (χ0n) is 18.5. The first-order chi connectivity index (χ1) is 14.2. The van der Waals surface area contributed by atoms with E-state index in [1.54, 1.807) is 0 Å². The highest BCUT2D eigenvalue weighted by atomic mass is 16.5. The molecule has 0 aromatic carbocycles. The highest BCUT2D eigenvalue weighted by molar-refractivity contribution is 5.72. The van der Waals surface area contributed by atoms with Crippen molar-refractivity contribution in [2.45, 2.75) is 121 Å². The van der Waals surface area contributed by atoms with Crippen LogP contribution in [0.4, 0.5) is 0 Å². The lowest BCUT2D eigenvalue weighted by atomic mass is 9.66. The molecular weight excluding hydrogens is 358 g/mol. The number of rotatable bonds is 5. The van der Waals surface area contributed by atoms with E-state index in [9.17, 15) is 4.79 Å². The third kappa shape index (κ3) is 5.64. The Morgan fingerprint density at radius 1 is 0.621 bits per heavy atom. The molecule has 0 aliphatic heterocycles. The Balaban J connectivity index is 1.15. The number of aliphatic imine (C=N–C) groups is 1. The molecule has 4 aliphatic carbocycles. The minimum Gasteiger partial charge on any atom is -0.462 e. The van der Waals surface area contributed by atoms with Crippen LogP contribution in [0.15, 0.2) is 4.99 Å². The van der Waals surface area contributed by atoms with Crippen molar-refractivity contribution in [1.82, 2.24) is 0 Å². The fraction of sp³-hybridized carbons (Fsp3) is 0.923. The van der Waals surface area contributed by atoms with Gasteiger partial charge in [0.15, 0.2) is 0 Å². The summed E-state index contributed by atoms with van der Waals surface area (Å²) in [6.45, 7) is 3.66. The fourth-order valence-corrected chi connectivity index (χ4v) is 7.13. The predicted molar refractivity (Wildman–Crippen MR) is 119 cm³/mol. The number of ether oxygens (including phenoxy) is 1. The average Bonchev–Trinajstić information content (AvgIpc) is 2.80. The molecular formula is C26H43NO2. The molecule has 4 saturated carbocycles. The van der Waals surface area contributed by atoms with Crippen LogP contribution >= 0.6 is 0 Å². The predicted octanol–water partition coefficient (Wildman–Crippen LogP) is 6.73. The van der Waals surface area contributed by atoms with Crippen LogP contribution in [0, 0.1) is 29.6 Å². The van der Waals surface area contributed by atoms with E-state index >= 15 is 0 Å². The van der Waals surface area contributed by atoms with E-state index in [-0.39, 0.29) is 18.0 Å². The zero-order valence-corrected chi connectivity index (χ0v) is 18.5. The Labute approximate surface area is 178 Å². The van der Waals surface area contributed by atoms with E-state index in [2.05, 4.69) is 11.7 Å². The van der Waals surface area contributed by atoms with Crippen molar-refractivity contribution < 1.29 is 9.53 Å². The summed E-state index contributed by atoms with van der Waals surface area (Å²) in [5.74, 6) is 4.16. The van der Waals surface area contributed by atoms with Gasteiger partial charge in [-0.2, -0.15) is 0 Å². The molecule has 3 heteroatoms. The summed E-state index contributed by atoms with van der Waals surface area (Å²) in [4.78, 5) is 16.8. The number of carbonyl (C=O) groups excluding carboxylic acids is 1. The molecule has 0 radical (unpaired) electrons. The van der Waals surface area contributed by atoms with Gasteiger partial charge in [-0.3, -0.25) is 9.79 Å². The Bertz CT molecular complexity index is 517. The van der Waals surface area contributed by atoms with Gasteiger partial charge in [-0.25, -0.2) is 0 Å². The maximum atomic E-state index is 12.7. The summed E-state index contributed by atoms with van der Waals surface area (Å²) < 4.78 is 5.88.